The summed E-state index contributed by atoms with van der Waals surface area (Å²) in [5, 5.41) is 0.633. The zero-order valence-corrected chi connectivity index (χ0v) is 16.9. The number of ether oxygens (including phenoxy) is 1. The van der Waals surface area contributed by atoms with E-state index in [9.17, 15) is 14.4 Å². The number of amides is 2. The van der Waals surface area contributed by atoms with Crippen LogP contribution in [0.5, 0.6) is 0 Å². The number of esters is 1. The van der Waals surface area contributed by atoms with Gasteiger partial charge in [0.05, 0.1) is 23.7 Å². The van der Waals surface area contributed by atoms with Crippen LogP contribution >= 0.6 is 23.4 Å². The highest BCUT2D eigenvalue weighted by Crippen LogP contribution is 2.46. The second-order valence-corrected chi connectivity index (χ2v) is 8.40. The summed E-state index contributed by atoms with van der Waals surface area (Å²) in [5.41, 5.74) is 0.844. The number of carbonyl (C=O) groups is 3. The Labute approximate surface area is 168 Å². The number of anilines is 1. The molecule has 1 aromatic rings. The third kappa shape index (κ3) is 4.41. The number of rotatable bonds is 5. The lowest BCUT2D eigenvalue weighted by Gasteiger charge is -2.44. The van der Waals surface area contributed by atoms with Crippen molar-refractivity contribution < 1.29 is 19.1 Å². The molecule has 0 unspecified atom stereocenters. The van der Waals surface area contributed by atoms with Gasteiger partial charge in [0.15, 0.2) is 0 Å². The van der Waals surface area contributed by atoms with Gasteiger partial charge in [-0.05, 0) is 44.0 Å². The van der Waals surface area contributed by atoms with Crippen LogP contribution in [0.15, 0.2) is 24.3 Å². The minimum Gasteiger partial charge on any atom is -0.466 e. The van der Waals surface area contributed by atoms with Crippen molar-refractivity contribution in [2.24, 2.45) is 0 Å². The molecular weight excluding hydrogens is 388 g/mol. The molecule has 0 aromatic heterocycles. The Balaban J connectivity index is 1.62. The van der Waals surface area contributed by atoms with Gasteiger partial charge in [0, 0.05) is 30.2 Å². The number of hydrogen-bond donors (Lipinski definition) is 0. The van der Waals surface area contributed by atoms with Gasteiger partial charge in [0.2, 0.25) is 11.8 Å². The van der Waals surface area contributed by atoms with Crippen molar-refractivity contribution in [1.29, 1.82) is 0 Å². The highest BCUT2D eigenvalue weighted by molar-refractivity contribution is 8.02. The fourth-order valence-electron chi connectivity index (χ4n) is 3.60. The van der Waals surface area contributed by atoms with E-state index in [1.165, 1.54) is 0 Å². The van der Waals surface area contributed by atoms with Crippen LogP contribution in [-0.4, -0.2) is 53.0 Å². The first-order chi connectivity index (χ1) is 12.9. The first-order valence-corrected chi connectivity index (χ1v) is 10.5. The zero-order chi connectivity index (χ0) is 19.4. The Bertz CT molecular complexity index is 717. The summed E-state index contributed by atoms with van der Waals surface area (Å²) >= 11 is 7.62. The van der Waals surface area contributed by atoms with Gasteiger partial charge in [-0.3, -0.25) is 19.3 Å². The molecule has 2 heterocycles. The number of hydrogen-bond acceptors (Lipinski definition) is 5. The maximum Gasteiger partial charge on any atom is 0.306 e. The van der Waals surface area contributed by atoms with Crippen LogP contribution in [0, 0.1) is 0 Å². The highest BCUT2D eigenvalue weighted by Gasteiger charge is 2.49. The summed E-state index contributed by atoms with van der Waals surface area (Å²) < 4.78 is 4.87. The van der Waals surface area contributed by atoms with Crippen molar-refractivity contribution in [3.8, 4) is 0 Å². The number of carbonyl (C=O) groups excluding carboxylic acids is 3. The van der Waals surface area contributed by atoms with Crippen molar-refractivity contribution in [1.82, 2.24) is 4.90 Å². The van der Waals surface area contributed by atoms with E-state index in [4.69, 9.17) is 16.3 Å². The van der Waals surface area contributed by atoms with Gasteiger partial charge in [0.1, 0.15) is 0 Å². The largest absolute Gasteiger partial charge is 0.466 e. The fourth-order valence-corrected chi connectivity index (χ4v) is 5.05. The molecule has 1 aromatic carbocycles. The van der Waals surface area contributed by atoms with Gasteiger partial charge < -0.3 is 9.64 Å². The highest BCUT2D eigenvalue weighted by atomic mass is 35.5. The average molecular weight is 411 g/mol. The Morgan fingerprint density at radius 3 is 2.48 bits per heavy atom. The molecule has 0 atom stereocenters. The first kappa shape index (κ1) is 20.0. The van der Waals surface area contributed by atoms with E-state index in [1.54, 1.807) is 35.7 Å². The van der Waals surface area contributed by atoms with Gasteiger partial charge in [-0.2, -0.15) is 0 Å². The summed E-state index contributed by atoms with van der Waals surface area (Å²) in [7, 11) is 0. The smallest absolute Gasteiger partial charge is 0.306 e. The Hall–Kier alpha value is -1.73. The molecule has 3 rings (SSSR count). The Morgan fingerprint density at radius 1 is 1.19 bits per heavy atom. The third-order valence-corrected chi connectivity index (χ3v) is 6.72. The second kappa shape index (κ2) is 8.52. The minimum absolute atomic E-state index is 0.0368. The number of thioether (sulfide) groups is 1. The van der Waals surface area contributed by atoms with Crippen molar-refractivity contribution in [2.75, 3.05) is 30.3 Å². The number of halogens is 1. The number of piperidine rings is 1. The standard InChI is InChI=1S/C19H23ClN2O4S/c1-2-26-18(25)8-7-16(23)21-11-9-19(10-12-21)22(17(24)13-27-19)15-5-3-14(20)4-6-15/h3-6H,2,7-13H2,1H3. The minimum atomic E-state index is -0.342. The molecule has 8 heteroatoms. The molecule has 2 aliphatic rings. The van der Waals surface area contributed by atoms with Crippen molar-refractivity contribution in [2.45, 2.75) is 37.5 Å². The number of benzene rings is 1. The van der Waals surface area contributed by atoms with Crippen molar-refractivity contribution in [3.63, 3.8) is 0 Å². The second-order valence-electron chi connectivity index (χ2n) is 6.63. The Morgan fingerprint density at radius 2 is 1.85 bits per heavy atom. The molecule has 146 valence electrons. The fraction of sp³-hybridized carbons (Fsp3) is 0.526. The molecule has 1 spiro atoms. The molecule has 2 aliphatic heterocycles. The van der Waals surface area contributed by atoms with E-state index >= 15 is 0 Å². The molecule has 2 amide bonds. The summed E-state index contributed by atoms with van der Waals surface area (Å²) in [6.07, 6.45) is 1.69. The zero-order valence-electron chi connectivity index (χ0n) is 15.3. The monoisotopic (exact) mass is 410 g/mol. The van der Waals surface area contributed by atoms with Crippen LogP contribution in [0.25, 0.3) is 0 Å². The molecular formula is C19H23ClN2O4S. The van der Waals surface area contributed by atoms with E-state index in [1.807, 2.05) is 17.0 Å². The SMILES string of the molecule is CCOC(=O)CCC(=O)N1CCC2(CC1)SCC(=O)N2c1ccc(Cl)cc1. The predicted molar refractivity (Wildman–Crippen MR) is 106 cm³/mol. The van der Waals surface area contributed by atoms with Gasteiger partial charge in [-0.1, -0.05) is 11.6 Å². The van der Waals surface area contributed by atoms with Crippen molar-refractivity contribution in [3.05, 3.63) is 29.3 Å². The normalized spacial score (nSPS) is 18.8. The molecule has 27 heavy (non-hydrogen) atoms. The van der Waals surface area contributed by atoms with Crippen LogP contribution in [0.1, 0.15) is 32.6 Å². The van der Waals surface area contributed by atoms with Crippen LogP contribution in [0.2, 0.25) is 5.02 Å². The van der Waals surface area contributed by atoms with Gasteiger partial charge in [-0.25, -0.2) is 0 Å². The topological polar surface area (TPSA) is 66.9 Å². The molecule has 0 saturated carbocycles. The van der Waals surface area contributed by atoms with Crippen LogP contribution in [0.3, 0.4) is 0 Å². The number of likely N-dealkylation sites (tertiary alicyclic amines) is 1. The molecule has 0 aliphatic carbocycles. The molecule has 0 bridgehead atoms. The number of nitrogens with zero attached hydrogens (tertiary/aromatic N) is 2. The summed E-state index contributed by atoms with van der Waals surface area (Å²) in [4.78, 5) is 39.7. The molecule has 0 N–H and O–H groups in total. The Kier molecular flexibility index (Phi) is 6.32. The molecule has 2 saturated heterocycles. The lowest BCUT2D eigenvalue weighted by Crippen LogP contribution is -2.53. The van der Waals surface area contributed by atoms with E-state index in [0.29, 0.717) is 43.3 Å². The van der Waals surface area contributed by atoms with E-state index < -0.39 is 0 Å². The quantitative estimate of drug-likeness (QED) is 0.698. The van der Waals surface area contributed by atoms with Crippen LogP contribution in [0.4, 0.5) is 5.69 Å². The van der Waals surface area contributed by atoms with Gasteiger partial charge in [-0.15, -0.1) is 11.8 Å². The molecule has 6 nitrogen and oxygen atoms in total. The van der Waals surface area contributed by atoms with Crippen LogP contribution < -0.4 is 4.90 Å². The van der Waals surface area contributed by atoms with E-state index in [-0.39, 0.29) is 35.5 Å². The van der Waals surface area contributed by atoms with Crippen molar-refractivity contribution >= 4 is 46.8 Å². The summed E-state index contributed by atoms with van der Waals surface area (Å²) in [6, 6.07) is 7.30. The average Bonchev–Trinajstić information content (AvgIpc) is 2.97. The van der Waals surface area contributed by atoms with Gasteiger partial charge in [0.25, 0.3) is 0 Å². The predicted octanol–water partition coefficient (Wildman–Crippen LogP) is 3.08. The third-order valence-electron chi connectivity index (χ3n) is 4.95. The first-order valence-electron chi connectivity index (χ1n) is 9.11. The van der Waals surface area contributed by atoms with E-state index in [2.05, 4.69) is 0 Å². The lowest BCUT2D eigenvalue weighted by atomic mass is 10.0. The maximum absolute atomic E-state index is 12.5. The van der Waals surface area contributed by atoms with Crippen LogP contribution in [-0.2, 0) is 19.1 Å². The lowest BCUT2D eigenvalue weighted by molar-refractivity contribution is -0.146. The molecule has 0 radical (unpaired) electrons. The maximum atomic E-state index is 12.5. The van der Waals surface area contributed by atoms with E-state index in [0.717, 1.165) is 5.69 Å². The molecule has 2 fully saturated rings. The summed E-state index contributed by atoms with van der Waals surface area (Å²) in [6.45, 7) is 3.22. The summed E-state index contributed by atoms with van der Waals surface area (Å²) in [5.74, 6) is 0.152. The van der Waals surface area contributed by atoms with Gasteiger partial charge >= 0.3 is 5.97 Å².